The molecule has 0 aromatic carbocycles. The molecular formula is C32H45N5O. The largest absolute Gasteiger partial charge is 0.369 e. The molecule has 204 valence electrons. The molecule has 0 radical (unpaired) electrons. The molecule has 6 nitrogen and oxygen atoms in total. The second-order valence-electron chi connectivity index (χ2n) is 10.1. The molecule has 1 N–H and O–H groups in total. The number of aromatic nitrogens is 1. The Morgan fingerprint density at radius 2 is 1.82 bits per heavy atom. The van der Waals surface area contributed by atoms with Crippen LogP contribution in [0.1, 0.15) is 76.8 Å². The first kappa shape index (κ1) is 30.9. The molecule has 1 heterocycles. The summed E-state index contributed by atoms with van der Waals surface area (Å²) < 4.78 is 0. The van der Waals surface area contributed by atoms with Crippen molar-refractivity contribution in [1.82, 2.24) is 15.2 Å². The lowest BCUT2D eigenvalue weighted by atomic mass is 9.79. The Hall–Kier alpha value is -3.30. The Labute approximate surface area is 229 Å². The molecule has 0 saturated heterocycles. The van der Waals surface area contributed by atoms with Gasteiger partial charge in [-0.3, -0.25) is 9.78 Å². The van der Waals surface area contributed by atoms with Gasteiger partial charge in [-0.1, -0.05) is 70.2 Å². The first-order valence-electron chi connectivity index (χ1n) is 14.0. The number of nitrogens with zero attached hydrogens (tertiary/aromatic N) is 4. The summed E-state index contributed by atoms with van der Waals surface area (Å²) in [5.74, 6) is 0. The average Bonchev–Trinajstić information content (AvgIpc) is 2.97. The fourth-order valence-electron chi connectivity index (χ4n) is 4.72. The summed E-state index contributed by atoms with van der Waals surface area (Å²) in [6.07, 6.45) is 22.1. The van der Waals surface area contributed by atoms with Crippen LogP contribution in [0.5, 0.6) is 0 Å². The molecule has 1 unspecified atom stereocenters. The van der Waals surface area contributed by atoms with Gasteiger partial charge >= 0.3 is 0 Å². The van der Waals surface area contributed by atoms with Gasteiger partial charge in [-0.05, 0) is 55.5 Å². The fraction of sp³-hybridized carbons (Fsp3) is 0.500. The third kappa shape index (κ3) is 9.87. The summed E-state index contributed by atoms with van der Waals surface area (Å²) in [5.41, 5.74) is 3.72. The minimum absolute atomic E-state index is 0.586. The summed E-state index contributed by atoms with van der Waals surface area (Å²) in [7, 11) is 3.78. The van der Waals surface area contributed by atoms with E-state index in [1.807, 2.05) is 44.1 Å². The smallest absolute Gasteiger partial charge is 0.145 e. The molecule has 1 fully saturated rings. The van der Waals surface area contributed by atoms with E-state index < -0.39 is 5.41 Å². The minimum atomic E-state index is -0.606. The molecule has 1 aromatic heterocycles. The van der Waals surface area contributed by atoms with Crippen LogP contribution in [0.2, 0.25) is 0 Å². The predicted octanol–water partition coefficient (Wildman–Crippen LogP) is 6.45. The predicted molar refractivity (Wildman–Crippen MR) is 158 cm³/mol. The van der Waals surface area contributed by atoms with Crippen LogP contribution in [0.25, 0.3) is 0 Å². The normalized spacial score (nSPS) is 17.3. The lowest BCUT2D eigenvalue weighted by Crippen LogP contribution is -2.31. The van der Waals surface area contributed by atoms with Crippen molar-refractivity contribution in [3.63, 3.8) is 0 Å². The lowest BCUT2D eigenvalue weighted by molar-refractivity contribution is -0.104. The van der Waals surface area contributed by atoms with Crippen LogP contribution in [-0.2, 0) is 10.2 Å². The molecule has 1 aromatic rings. The van der Waals surface area contributed by atoms with Crippen LogP contribution in [0.3, 0.4) is 0 Å². The van der Waals surface area contributed by atoms with Gasteiger partial charge in [0.2, 0.25) is 0 Å². The van der Waals surface area contributed by atoms with Crippen molar-refractivity contribution in [2.75, 3.05) is 27.2 Å². The first-order chi connectivity index (χ1) is 18.5. The van der Waals surface area contributed by atoms with Crippen LogP contribution in [-0.4, -0.2) is 49.7 Å². The van der Waals surface area contributed by atoms with Gasteiger partial charge in [0.25, 0.3) is 0 Å². The molecule has 0 amide bonds. The monoisotopic (exact) mass is 515 g/mol. The van der Waals surface area contributed by atoms with Crippen molar-refractivity contribution < 1.29 is 4.79 Å². The van der Waals surface area contributed by atoms with E-state index in [-0.39, 0.29) is 0 Å². The number of hydrogen-bond acceptors (Lipinski definition) is 5. The standard InChI is InChI=1S/C26H33N5O.C6H12/c1-5-26(19-27,25-12-8-9-15-29-25)14-16-28-18-21(2)22-10-6-7-11-23(22)24(13-17-32)30-20-31(3)4;1-2-4-6-5-3-1/h8-13,15,17,20,28H,2,5-7,14,16,18H2,1,3-4H3;1-6H2/b24-13-,30-20?;. The highest BCUT2D eigenvalue weighted by Gasteiger charge is 2.31. The quantitative estimate of drug-likeness (QED) is 0.114. The van der Waals surface area contributed by atoms with E-state index in [1.54, 1.807) is 12.5 Å². The molecule has 1 atom stereocenters. The number of aldehydes is 1. The van der Waals surface area contributed by atoms with E-state index >= 15 is 0 Å². The SMILES string of the molecule is C1CCCCC1.C=C(CNCCC(C#N)(CC)c1ccccn1)C1=CCCC=C1/C(=C/C=O)N=CN(C)C. The van der Waals surface area contributed by atoms with Crippen molar-refractivity contribution in [2.24, 2.45) is 4.99 Å². The molecule has 6 heteroatoms. The van der Waals surface area contributed by atoms with Crippen molar-refractivity contribution in [1.29, 1.82) is 5.26 Å². The van der Waals surface area contributed by atoms with Crippen molar-refractivity contribution in [2.45, 2.75) is 76.5 Å². The van der Waals surface area contributed by atoms with Crippen LogP contribution in [0, 0.1) is 11.3 Å². The highest BCUT2D eigenvalue weighted by atomic mass is 16.1. The van der Waals surface area contributed by atoms with E-state index in [1.165, 1.54) is 44.6 Å². The molecule has 0 aliphatic heterocycles. The second-order valence-corrected chi connectivity index (χ2v) is 10.1. The Morgan fingerprint density at radius 1 is 1.16 bits per heavy atom. The molecule has 2 aliphatic rings. The fourth-order valence-corrected chi connectivity index (χ4v) is 4.72. The zero-order valence-corrected chi connectivity index (χ0v) is 23.6. The maximum atomic E-state index is 11.2. The minimum Gasteiger partial charge on any atom is -0.369 e. The van der Waals surface area contributed by atoms with E-state index in [0.29, 0.717) is 31.6 Å². The Bertz CT molecular complexity index is 1030. The number of carbonyl (C=O) groups is 1. The van der Waals surface area contributed by atoms with Crippen LogP contribution >= 0.6 is 0 Å². The Morgan fingerprint density at radius 3 is 2.34 bits per heavy atom. The van der Waals surface area contributed by atoms with Crippen LogP contribution in [0.15, 0.2) is 76.6 Å². The summed E-state index contributed by atoms with van der Waals surface area (Å²) >= 11 is 0. The number of nitrogens with one attached hydrogen (secondary N) is 1. The lowest BCUT2D eigenvalue weighted by Gasteiger charge is -2.25. The van der Waals surface area contributed by atoms with Gasteiger partial charge < -0.3 is 10.2 Å². The van der Waals surface area contributed by atoms with Gasteiger partial charge in [-0.15, -0.1) is 0 Å². The van der Waals surface area contributed by atoms with E-state index in [2.05, 4.69) is 40.1 Å². The molecule has 3 rings (SSSR count). The number of hydrogen-bond donors (Lipinski definition) is 1. The molecule has 0 bridgehead atoms. The van der Waals surface area contributed by atoms with E-state index in [4.69, 9.17) is 0 Å². The summed E-state index contributed by atoms with van der Waals surface area (Å²) in [6, 6.07) is 8.19. The Balaban J connectivity index is 0.000000739. The topological polar surface area (TPSA) is 81.4 Å². The van der Waals surface area contributed by atoms with Gasteiger partial charge in [-0.25, -0.2) is 4.99 Å². The van der Waals surface area contributed by atoms with Crippen LogP contribution < -0.4 is 5.32 Å². The zero-order chi connectivity index (χ0) is 27.6. The zero-order valence-electron chi connectivity index (χ0n) is 23.6. The number of pyridine rings is 1. The highest BCUT2D eigenvalue weighted by molar-refractivity contribution is 5.72. The van der Waals surface area contributed by atoms with Crippen LogP contribution in [0.4, 0.5) is 0 Å². The average molecular weight is 516 g/mol. The third-order valence-corrected chi connectivity index (χ3v) is 7.00. The molecule has 38 heavy (non-hydrogen) atoms. The number of rotatable bonds is 12. The Kier molecular flexibility index (Phi) is 14.0. The number of nitriles is 1. The van der Waals surface area contributed by atoms with Crippen molar-refractivity contribution in [3.05, 3.63) is 77.3 Å². The van der Waals surface area contributed by atoms with Crippen molar-refractivity contribution in [3.8, 4) is 6.07 Å². The highest BCUT2D eigenvalue weighted by Crippen LogP contribution is 2.31. The van der Waals surface area contributed by atoms with Gasteiger partial charge in [0, 0.05) is 38.5 Å². The summed E-state index contributed by atoms with van der Waals surface area (Å²) in [4.78, 5) is 21.9. The number of aliphatic imine (C=N–C) groups is 1. The maximum Gasteiger partial charge on any atom is 0.145 e. The summed E-state index contributed by atoms with van der Waals surface area (Å²) in [5, 5.41) is 13.3. The van der Waals surface area contributed by atoms with Gasteiger partial charge in [-0.2, -0.15) is 5.26 Å². The maximum absolute atomic E-state index is 11.2. The van der Waals surface area contributed by atoms with Gasteiger partial charge in [0.05, 0.1) is 23.8 Å². The number of allylic oxidation sites excluding steroid dienone is 4. The second kappa shape index (κ2) is 17.3. The molecular weight excluding hydrogens is 470 g/mol. The van der Waals surface area contributed by atoms with Gasteiger partial charge in [0.15, 0.2) is 0 Å². The van der Waals surface area contributed by atoms with E-state index in [9.17, 15) is 10.1 Å². The molecule has 2 aliphatic carbocycles. The summed E-state index contributed by atoms with van der Waals surface area (Å²) in [6.45, 7) is 7.55. The number of carbonyl (C=O) groups excluding carboxylic acids is 1. The van der Waals surface area contributed by atoms with E-state index in [0.717, 1.165) is 41.5 Å². The van der Waals surface area contributed by atoms with Gasteiger partial charge in [0.1, 0.15) is 11.7 Å². The first-order valence-corrected chi connectivity index (χ1v) is 14.0. The van der Waals surface area contributed by atoms with Crippen molar-refractivity contribution >= 4 is 12.6 Å². The molecule has 0 spiro atoms. The third-order valence-electron chi connectivity index (χ3n) is 7.00. The molecule has 1 saturated carbocycles.